The van der Waals surface area contributed by atoms with Crippen LogP contribution in [0.2, 0.25) is 0 Å². The van der Waals surface area contributed by atoms with Crippen molar-refractivity contribution >= 4 is 5.91 Å². The van der Waals surface area contributed by atoms with Crippen LogP contribution in [-0.2, 0) is 6.42 Å². The maximum Gasteiger partial charge on any atom is 0.292 e. The van der Waals surface area contributed by atoms with Gasteiger partial charge in [-0.3, -0.25) is 9.78 Å². The molecule has 0 saturated heterocycles. The molecule has 5 heteroatoms. The van der Waals surface area contributed by atoms with Crippen LogP contribution in [0, 0.1) is 13.8 Å². The molecule has 0 radical (unpaired) electrons. The summed E-state index contributed by atoms with van der Waals surface area (Å²) in [5, 5.41) is 0. The first kappa shape index (κ1) is 17.6. The van der Waals surface area contributed by atoms with Crippen LogP contribution in [0.1, 0.15) is 79.0 Å². The molecule has 1 atom stereocenters. The van der Waals surface area contributed by atoms with Gasteiger partial charge in [-0.05, 0) is 50.7 Å². The van der Waals surface area contributed by atoms with E-state index in [1.165, 1.54) is 5.56 Å². The lowest BCUT2D eigenvalue weighted by atomic mass is 9.89. The highest BCUT2D eigenvalue weighted by Gasteiger charge is 2.36. The van der Waals surface area contributed by atoms with E-state index in [0.717, 1.165) is 37.8 Å². The third-order valence-electron chi connectivity index (χ3n) is 5.17. The Morgan fingerprint density at radius 2 is 2.12 bits per heavy atom. The Labute approximate surface area is 149 Å². The molecule has 0 N–H and O–H groups in total. The van der Waals surface area contributed by atoms with E-state index in [2.05, 4.69) is 29.9 Å². The summed E-state index contributed by atoms with van der Waals surface area (Å²) in [5.41, 5.74) is 2.96. The van der Waals surface area contributed by atoms with Gasteiger partial charge < -0.3 is 9.32 Å². The van der Waals surface area contributed by atoms with Crippen LogP contribution < -0.4 is 0 Å². The number of carbonyl (C=O) groups excluding carboxylic acids is 1. The molecule has 0 aliphatic heterocycles. The minimum atomic E-state index is -0.0599. The molecular weight excluding hydrogens is 314 g/mol. The molecule has 1 aliphatic carbocycles. The van der Waals surface area contributed by atoms with Crippen LogP contribution in [0.4, 0.5) is 0 Å². The van der Waals surface area contributed by atoms with Gasteiger partial charge in [-0.2, -0.15) is 0 Å². The van der Waals surface area contributed by atoms with Gasteiger partial charge in [-0.25, -0.2) is 4.98 Å². The second kappa shape index (κ2) is 7.38. The molecule has 0 aromatic carbocycles. The summed E-state index contributed by atoms with van der Waals surface area (Å²) < 4.78 is 5.65. The number of fused-ring (bicyclic) bond motifs is 1. The Morgan fingerprint density at radius 3 is 2.76 bits per heavy atom. The van der Waals surface area contributed by atoms with E-state index in [-0.39, 0.29) is 18.0 Å². The van der Waals surface area contributed by atoms with E-state index >= 15 is 0 Å². The molecule has 1 aliphatic rings. The summed E-state index contributed by atoms with van der Waals surface area (Å²) in [4.78, 5) is 24.3. The molecule has 0 bridgehead atoms. The van der Waals surface area contributed by atoms with Crippen LogP contribution in [0.3, 0.4) is 0 Å². The van der Waals surface area contributed by atoms with Gasteiger partial charge in [0.25, 0.3) is 5.91 Å². The topological polar surface area (TPSA) is 59.2 Å². The number of pyridine rings is 1. The molecule has 0 unspecified atom stereocenters. The van der Waals surface area contributed by atoms with Crippen molar-refractivity contribution in [3.05, 3.63) is 46.9 Å². The molecular formula is C20H27N3O2. The van der Waals surface area contributed by atoms with Crippen molar-refractivity contribution in [2.45, 2.75) is 71.9 Å². The first-order chi connectivity index (χ1) is 12.1. The molecule has 0 saturated carbocycles. The normalized spacial score (nSPS) is 16.8. The van der Waals surface area contributed by atoms with E-state index < -0.39 is 0 Å². The fraction of sp³-hybridized carbons (Fsp3) is 0.550. The van der Waals surface area contributed by atoms with Crippen LogP contribution >= 0.6 is 0 Å². The first-order valence-electron chi connectivity index (χ1n) is 9.27. The zero-order valence-electron chi connectivity index (χ0n) is 15.6. The highest BCUT2D eigenvalue weighted by molar-refractivity contribution is 5.93. The second-order valence-electron chi connectivity index (χ2n) is 6.79. The Hall–Kier alpha value is -2.17. The monoisotopic (exact) mass is 341 g/mol. The summed E-state index contributed by atoms with van der Waals surface area (Å²) in [6.07, 6.45) is 6.70. The van der Waals surface area contributed by atoms with Crippen molar-refractivity contribution in [1.82, 2.24) is 14.9 Å². The number of hydrogen-bond donors (Lipinski definition) is 0. The molecule has 25 heavy (non-hydrogen) atoms. The van der Waals surface area contributed by atoms with E-state index in [4.69, 9.17) is 4.42 Å². The summed E-state index contributed by atoms with van der Waals surface area (Å²) in [6, 6.07) is 4.28. The summed E-state index contributed by atoms with van der Waals surface area (Å²) in [7, 11) is 0. The third kappa shape index (κ3) is 3.32. The average Bonchev–Trinajstić information content (AvgIpc) is 2.97. The SMILES string of the molecule is CCC(CC)N(C(=O)c1oc(C)nc1C)[C@H]1CCCc2cccnc21. The molecule has 5 nitrogen and oxygen atoms in total. The zero-order valence-corrected chi connectivity index (χ0v) is 15.6. The lowest BCUT2D eigenvalue weighted by Gasteiger charge is -2.39. The van der Waals surface area contributed by atoms with Gasteiger partial charge in [0.1, 0.15) is 0 Å². The third-order valence-corrected chi connectivity index (χ3v) is 5.17. The maximum atomic E-state index is 13.4. The Bertz CT molecular complexity index is 749. The van der Waals surface area contributed by atoms with Gasteiger partial charge in [0.05, 0.1) is 17.4 Å². The average molecular weight is 341 g/mol. The van der Waals surface area contributed by atoms with Gasteiger partial charge in [0, 0.05) is 19.2 Å². The number of rotatable bonds is 5. The molecule has 0 fully saturated rings. The zero-order chi connectivity index (χ0) is 18.0. The van der Waals surface area contributed by atoms with Gasteiger partial charge >= 0.3 is 0 Å². The second-order valence-corrected chi connectivity index (χ2v) is 6.79. The van der Waals surface area contributed by atoms with Crippen LogP contribution in [0.25, 0.3) is 0 Å². The first-order valence-corrected chi connectivity index (χ1v) is 9.27. The Balaban J connectivity index is 2.04. The summed E-state index contributed by atoms with van der Waals surface area (Å²) in [6.45, 7) is 7.88. The fourth-order valence-corrected chi connectivity index (χ4v) is 3.95. The van der Waals surface area contributed by atoms with E-state index in [9.17, 15) is 4.79 Å². The number of carbonyl (C=O) groups is 1. The quantitative estimate of drug-likeness (QED) is 0.809. The maximum absolute atomic E-state index is 13.4. The summed E-state index contributed by atoms with van der Waals surface area (Å²) >= 11 is 0. The molecule has 2 heterocycles. The van der Waals surface area contributed by atoms with E-state index in [1.807, 2.05) is 24.1 Å². The number of nitrogens with zero attached hydrogens (tertiary/aromatic N) is 3. The van der Waals surface area contributed by atoms with Crippen molar-refractivity contribution < 1.29 is 9.21 Å². The van der Waals surface area contributed by atoms with Crippen molar-refractivity contribution in [3.8, 4) is 0 Å². The largest absolute Gasteiger partial charge is 0.436 e. The standard InChI is InChI=1S/C20H27N3O2/c1-5-16(6-2)23(20(24)19-13(3)22-14(4)25-19)17-11-7-9-15-10-8-12-21-18(15)17/h8,10,12,16-17H,5-7,9,11H2,1-4H3/t17-/m0/s1. The lowest BCUT2D eigenvalue weighted by molar-refractivity contribution is 0.0485. The van der Waals surface area contributed by atoms with Gasteiger partial charge in [0.15, 0.2) is 5.89 Å². The van der Waals surface area contributed by atoms with Crippen molar-refractivity contribution in [3.63, 3.8) is 0 Å². The number of amides is 1. The molecule has 2 aromatic rings. The van der Waals surface area contributed by atoms with Gasteiger partial charge in [0.2, 0.25) is 5.76 Å². The predicted octanol–water partition coefficient (Wildman–Crippen LogP) is 4.39. The van der Waals surface area contributed by atoms with Crippen molar-refractivity contribution in [2.75, 3.05) is 0 Å². The van der Waals surface area contributed by atoms with E-state index in [1.54, 1.807) is 6.92 Å². The van der Waals surface area contributed by atoms with Crippen LogP contribution in [0.5, 0.6) is 0 Å². The smallest absolute Gasteiger partial charge is 0.292 e. The number of hydrogen-bond acceptors (Lipinski definition) is 4. The van der Waals surface area contributed by atoms with Crippen molar-refractivity contribution in [2.24, 2.45) is 0 Å². The van der Waals surface area contributed by atoms with E-state index in [0.29, 0.717) is 17.3 Å². The highest BCUT2D eigenvalue weighted by Crippen LogP contribution is 2.36. The van der Waals surface area contributed by atoms with Crippen molar-refractivity contribution in [1.29, 1.82) is 0 Å². The molecule has 0 spiro atoms. The van der Waals surface area contributed by atoms with Gasteiger partial charge in [-0.15, -0.1) is 0 Å². The molecule has 2 aromatic heterocycles. The minimum Gasteiger partial charge on any atom is -0.436 e. The number of aromatic nitrogens is 2. The summed E-state index contributed by atoms with van der Waals surface area (Å²) in [5.74, 6) is 0.843. The Morgan fingerprint density at radius 1 is 1.36 bits per heavy atom. The van der Waals surface area contributed by atoms with Crippen LogP contribution in [0.15, 0.2) is 22.7 Å². The fourth-order valence-electron chi connectivity index (χ4n) is 3.95. The molecule has 3 rings (SSSR count). The number of oxazole rings is 1. The van der Waals surface area contributed by atoms with Gasteiger partial charge in [-0.1, -0.05) is 19.9 Å². The molecule has 134 valence electrons. The lowest BCUT2D eigenvalue weighted by Crippen LogP contribution is -2.44. The molecule has 1 amide bonds. The minimum absolute atomic E-state index is 0.00663. The highest BCUT2D eigenvalue weighted by atomic mass is 16.4. The number of aryl methyl sites for hydroxylation is 3. The Kier molecular flexibility index (Phi) is 5.21. The predicted molar refractivity (Wildman–Crippen MR) is 96.4 cm³/mol. The van der Waals surface area contributed by atoms with Crippen LogP contribution in [-0.4, -0.2) is 26.8 Å².